The van der Waals surface area contributed by atoms with Gasteiger partial charge in [-0.3, -0.25) is 0 Å². The van der Waals surface area contributed by atoms with Gasteiger partial charge in [0, 0.05) is 17.8 Å². The smallest absolute Gasteiger partial charge is 0.341 e. The van der Waals surface area contributed by atoms with Gasteiger partial charge in [-0.2, -0.15) is 0 Å². The highest BCUT2D eigenvalue weighted by atomic mass is 32.1. The molecule has 0 bridgehead atoms. The van der Waals surface area contributed by atoms with Gasteiger partial charge in [-0.05, 0) is 18.2 Å². The molecular formula is C22H21N3O5S. The molecule has 0 aromatic heterocycles. The summed E-state index contributed by atoms with van der Waals surface area (Å²) in [6.45, 7) is 0. The topological polar surface area (TPSA) is 101 Å². The number of thiocarbonyl (C=S) groups is 1. The van der Waals surface area contributed by atoms with Crippen molar-refractivity contribution in [2.75, 3.05) is 14.2 Å². The van der Waals surface area contributed by atoms with Crippen LogP contribution in [0.2, 0.25) is 0 Å². The summed E-state index contributed by atoms with van der Waals surface area (Å²) in [5.74, 6) is -1.68. The Kier molecular flexibility index (Phi) is 6.88. The molecular weight excluding hydrogens is 418 g/mol. The largest absolute Gasteiger partial charge is 0.507 e. The number of phenols is 1. The number of rotatable bonds is 7. The first-order chi connectivity index (χ1) is 15.0. The first-order valence-corrected chi connectivity index (χ1v) is 9.58. The number of esters is 1. The van der Waals surface area contributed by atoms with Crippen LogP contribution in [0.3, 0.4) is 0 Å². The fraction of sp³-hybridized carbons (Fsp3) is 0.136. The van der Waals surface area contributed by atoms with Crippen molar-refractivity contribution < 1.29 is 24.1 Å². The molecule has 31 heavy (non-hydrogen) atoms. The van der Waals surface area contributed by atoms with Crippen LogP contribution in [0, 0.1) is 0 Å². The quantitative estimate of drug-likeness (QED) is 0.199. The summed E-state index contributed by atoms with van der Waals surface area (Å²) in [4.78, 5) is 16.9. The lowest BCUT2D eigenvalue weighted by Gasteiger charge is -2.32. The number of phenolic OH excluding ortho intramolecular Hbond substituents is 1. The summed E-state index contributed by atoms with van der Waals surface area (Å²) >= 11 is 5.48. The van der Waals surface area contributed by atoms with Crippen molar-refractivity contribution in [3.05, 3.63) is 78.2 Å². The van der Waals surface area contributed by atoms with Crippen molar-refractivity contribution in [3.8, 4) is 11.5 Å². The minimum atomic E-state index is -1.44. The summed E-state index contributed by atoms with van der Waals surface area (Å²) < 4.78 is 16.1. The number of carbonyl (C=O) groups is 1. The number of carbonyl (C=O) groups excluding carboxylic acids is 1. The molecule has 3 N–H and O–H groups in total. The second-order valence-electron chi connectivity index (χ2n) is 6.28. The standard InChI is InChI=1S/C22H21N3O5S/c1-28-13-17(21(27)29-2)15-7-4-6-10-19(15)30-22(11-12-23-14-24-22)25-20(31)16-8-3-5-9-18(16)26/h3-14,26H,1-2H3,(H,23,24)(H,25,31). The molecule has 0 saturated heterocycles. The van der Waals surface area contributed by atoms with E-state index in [1.54, 1.807) is 54.7 Å². The number of nitrogens with one attached hydrogen (secondary N) is 2. The third-order valence-electron chi connectivity index (χ3n) is 4.26. The zero-order chi connectivity index (χ0) is 22.3. The summed E-state index contributed by atoms with van der Waals surface area (Å²) in [6.07, 6.45) is 5.97. The van der Waals surface area contributed by atoms with Gasteiger partial charge in [0.1, 0.15) is 22.1 Å². The maximum atomic E-state index is 12.3. The first-order valence-electron chi connectivity index (χ1n) is 9.17. The molecule has 1 aliphatic rings. The number of ether oxygens (including phenoxy) is 3. The number of aliphatic imine (C=N–C) groups is 1. The highest BCUT2D eigenvalue weighted by molar-refractivity contribution is 7.80. The van der Waals surface area contributed by atoms with Crippen LogP contribution >= 0.6 is 12.2 Å². The Bertz CT molecular complexity index is 1050. The average Bonchev–Trinajstić information content (AvgIpc) is 2.78. The summed E-state index contributed by atoms with van der Waals surface area (Å²) in [6, 6.07) is 13.5. The summed E-state index contributed by atoms with van der Waals surface area (Å²) in [5, 5.41) is 16.0. The number of hydrogen-bond donors (Lipinski definition) is 3. The van der Waals surface area contributed by atoms with Gasteiger partial charge in [0.2, 0.25) is 0 Å². The van der Waals surface area contributed by atoms with E-state index in [1.165, 1.54) is 32.9 Å². The van der Waals surface area contributed by atoms with Gasteiger partial charge in [-0.25, -0.2) is 9.79 Å². The Morgan fingerprint density at radius 2 is 1.87 bits per heavy atom. The van der Waals surface area contributed by atoms with Crippen molar-refractivity contribution in [1.29, 1.82) is 0 Å². The van der Waals surface area contributed by atoms with Crippen molar-refractivity contribution in [1.82, 2.24) is 10.6 Å². The minimum Gasteiger partial charge on any atom is -0.507 e. The molecule has 1 unspecified atom stereocenters. The van der Waals surface area contributed by atoms with Crippen molar-refractivity contribution in [2.45, 2.75) is 5.85 Å². The SMILES string of the molecule is COC=C(C(=O)OC)c1ccccc1OC1(NC(=S)c2ccccc2O)C=CNC=N1. The Morgan fingerprint density at radius 3 is 2.52 bits per heavy atom. The predicted octanol–water partition coefficient (Wildman–Crippen LogP) is 2.70. The normalized spacial score (nSPS) is 17.4. The van der Waals surface area contributed by atoms with Gasteiger partial charge in [0.05, 0.1) is 32.4 Å². The maximum Gasteiger partial charge on any atom is 0.341 e. The van der Waals surface area contributed by atoms with E-state index in [-0.39, 0.29) is 16.3 Å². The number of benzene rings is 2. The van der Waals surface area contributed by atoms with Gasteiger partial charge in [-0.15, -0.1) is 0 Å². The van der Waals surface area contributed by atoms with Crippen LogP contribution in [-0.4, -0.2) is 42.5 Å². The minimum absolute atomic E-state index is 0.0217. The molecule has 0 amide bonds. The third-order valence-corrected chi connectivity index (χ3v) is 4.58. The van der Waals surface area contributed by atoms with E-state index in [0.29, 0.717) is 16.9 Å². The highest BCUT2D eigenvalue weighted by Crippen LogP contribution is 2.31. The molecule has 0 spiro atoms. The Balaban J connectivity index is 1.99. The van der Waals surface area contributed by atoms with Gasteiger partial charge >= 0.3 is 11.8 Å². The Labute approximate surface area is 184 Å². The molecule has 2 aromatic carbocycles. The molecule has 0 aliphatic carbocycles. The first kappa shape index (κ1) is 21.8. The summed E-state index contributed by atoms with van der Waals surface area (Å²) in [7, 11) is 2.71. The van der Waals surface area contributed by atoms with Crippen LogP contribution in [-0.2, 0) is 14.3 Å². The molecule has 8 nitrogen and oxygen atoms in total. The number of hydrogen-bond acceptors (Lipinski definition) is 8. The van der Waals surface area contributed by atoms with E-state index in [4.69, 9.17) is 26.4 Å². The van der Waals surface area contributed by atoms with Crippen LogP contribution in [0.5, 0.6) is 11.5 Å². The number of aromatic hydroxyl groups is 1. The summed E-state index contributed by atoms with van der Waals surface area (Å²) in [5.41, 5.74) is 1.03. The second-order valence-corrected chi connectivity index (χ2v) is 6.69. The fourth-order valence-electron chi connectivity index (χ4n) is 2.83. The molecule has 1 aliphatic heterocycles. The number of para-hydroxylation sites is 2. The van der Waals surface area contributed by atoms with E-state index in [0.717, 1.165) is 0 Å². The molecule has 3 rings (SSSR count). The second kappa shape index (κ2) is 9.77. The van der Waals surface area contributed by atoms with E-state index < -0.39 is 11.8 Å². The Hall–Kier alpha value is -3.85. The molecule has 2 aromatic rings. The number of nitrogens with zero attached hydrogens (tertiary/aromatic N) is 1. The molecule has 0 saturated carbocycles. The van der Waals surface area contributed by atoms with Gasteiger partial charge in [0.25, 0.3) is 0 Å². The van der Waals surface area contributed by atoms with E-state index in [2.05, 4.69) is 15.6 Å². The Morgan fingerprint density at radius 1 is 1.16 bits per heavy atom. The highest BCUT2D eigenvalue weighted by Gasteiger charge is 2.33. The van der Waals surface area contributed by atoms with Crippen LogP contribution in [0.1, 0.15) is 11.1 Å². The average molecular weight is 439 g/mol. The molecule has 1 heterocycles. The lowest BCUT2D eigenvalue weighted by atomic mass is 10.1. The van der Waals surface area contributed by atoms with E-state index in [9.17, 15) is 9.90 Å². The van der Waals surface area contributed by atoms with Gasteiger partial charge in [0.15, 0.2) is 0 Å². The van der Waals surface area contributed by atoms with Gasteiger partial charge < -0.3 is 30.0 Å². The zero-order valence-corrected chi connectivity index (χ0v) is 17.7. The van der Waals surface area contributed by atoms with Crippen molar-refractivity contribution in [2.24, 2.45) is 4.99 Å². The van der Waals surface area contributed by atoms with E-state index in [1.807, 2.05) is 0 Å². The van der Waals surface area contributed by atoms with Crippen LogP contribution < -0.4 is 15.4 Å². The monoisotopic (exact) mass is 439 g/mol. The van der Waals surface area contributed by atoms with Crippen LogP contribution in [0.4, 0.5) is 0 Å². The fourth-order valence-corrected chi connectivity index (χ4v) is 3.15. The molecule has 9 heteroatoms. The molecule has 160 valence electrons. The molecule has 1 atom stereocenters. The van der Waals surface area contributed by atoms with Crippen LogP contribution in [0.25, 0.3) is 5.57 Å². The van der Waals surface area contributed by atoms with Crippen molar-refractivity contribution in [3.63, 3.8) is 0 Å². The molecule has 0 radical (unpaired) electrons. The zero-order valence-electron chi connectivity index (χ0n) is 16.9. The van der Waals surface area contributed by atoms with Crippen LogP contribution in [0.15, 0.2) is 72.1 Å². The number of methoxy groups -OCH3 is 2. The lowest BCUT2D eigenvalue weighted by Crippen LogP contribution is -2.51. The van der Waals surface area contributed by atoms with Crippen molar-refractivity contribution >= 4 is 35.1 Å². The maximum absolute atomic E-state index is 12.3. The van der Waals surface area contributed by atoms with Gasteiger partial charge in [-0.1, -0.05) is 42.5 Å². The molecule has 0 fully saturated rings. The predicted molar refractivity (Wildman–Crippen MR) is 121 cm³/mol. The third kappa shape index (κ3) is 5.01. The van der Waals surface area contributed by atoms with E-state index >= 15 is 0 Å². The lowest BCUT2D eigenvalue weighted by molar-refractivity contribution is -0.133.